The van der Waals surface area contributed by atoms with Crippen molar-refractivity contribution in [3.63, 3.8) is 0 Å². The van der Waals surface area contributed by atoms with Crippen molar-refractivity contribution in [2.75, 3.05) is 6.54 Å². The second-order valence-electron chi connectivity index (χ2n) is 6.87. The molecule has 7 nitrogen and oxygen atoms in total. The number of aliphatic hydroxyl groups excluding tert-OH is 1. The zero-order chi connectivity index (χ0) is 17.7. The van der Waals surface area contributed by atoms with Crippen LogP contribution < -0.4 is 26.6 Å². The summed E-state index contributed by atoms with van der Waals surface area (Å²) < 4.78 is 0. The molecule has 0 spiro atoms. The summed E-state index contributed by atoms with van der Waals surface area (Å²) in [5.41, 5.74) is 0. The molecule has 0 bridgehead atoms. The summed E-state index contributed by atoms with van der Waals surface area (Å²) in [6.07, 6.45) is 2.47. The maximum Gasteiger partial charge on any atom is 0.317 e. The minimum atomic E-state index is -0.410. The van der Waals surface area contributed by atoms with Crippen LogP contribution in [-0.2, 0) is 0 Å². The van der Waals surface area contributed by atoms with Crippen molar-refractivity contribution in [1.29, 1.82) is 0 Å². The van der Waals surface area contributed by atoms with Crippen LogP contribution in [0.25, 0.3) is 0 Å². The minimum absolute atomic E-state index is 0.0175. The molecule has 2 rings (SSSR count). The van der Waals surface area contributed by atoms with Gasteiger partial charge >= 0.3 is 6.03 Å². The zero-order valence-electron chi connectivity index (χ0n) is 14.2. The Morgan fingerprint density at radius 2 is 1.96 bits per heavy atom. The number of hydrogen-bond donors (Lipinski definition) is 6. The molecule has 2 amide bonds. The van der Waals surface area contributed by atoms with Crippen LogP contribution in [0.1, 0.15) is 39.5 Å². The molecule has 0 aromatic rings. The largest absolute Gasteiger partial charge is 0.392 e. The summed E-state index contributed by atoms with van der Waals surface area (Å²) in [5.74, 6) is 0. The van der Waals surface area contributed by atoms with Gasteiger partial charge in [-0.1, -0.05) is 0 Å². The first kappa shape index (κ1) is 20.0. The number of hydrogen-bond acceptors (Lipinski definition) is 5. The second-order valence-corrected chi connectivity index (χ2v) is 7.99. The number of rotatable bonds is 5. The van der Waals surface area contributed by atoms with E-state index in [4.69, 9.17) is 23.2 Å². The molecular weight excluding hydrogens is 353 g/mol. The molecule has 1 heterocycles. The van der Waals surface area contributed by atoms with Gasteiger partial charge in [-0.2, -0.15) is 0 Å². The third kappa shape index (κ3) is 6.54. The Hall–Kier alpha value is -0.310. The standard InChI is InChI=1S/C15H29Cl2N5O2/c1-8-5-13(18-7-9(2)23)21-14(19-8)22-15(24)20-10-3-4-11(16)12(17)6-10/h8-14,18-19,21,23H,3-7H2,1-2H3,(H2,20,22,24). The van der Waals surface area contributed by atoms with Gasteiger partial charge in [-0.05, 0) is 39.5 Å². The van der Waals surface area contributed by atoms with Crippen molar-refractivity contribution in [3.8, 4) is 0 Å². The average molecular weight is 382 g/mol. The molecule has 2 aliphatic rings. The van der Waals surface area contributed by atoms with Crippen molar-refractivity contribution in [2.24, 2.45) is 0 Å². The number of alkyl halides is 2. The molecular formula is C15H29Cl2N5O2. The summed E-state index contributed by atoms with van der Waals surface area (Å²) in [5, 5.41) is 24.9. The molecule has 140 valence electrons. The summed E-state index contributed by atoms with van der Waals surface area (Å²) in [6.45, 7) is 4.30. The maximum atomic E-state index is 12.2. The van der Waals surface area contributed by atoms with Gasteiger partial charge in [0.2, 0.25) is 0 Å². The maximum absolute atomic E-state index is 12.2. The van der Waals surface area contributed by atoms with Crippen molar-refractivity contribution in [1.82, 2.24) is 26.6 Å². The SMILES string of the molecule is CC(O)CNC1CC(C)NC(NC(=O)NC2CCC(Cl)C(Cl)C2)N1. The van der Waals surface area contributed by atoms with E-state index in [1.54, 1.807) is 6.92 Å². The van der Waals surface area contributed by atoms with E-state index >= 15 is 0 Å². The van der Waals surface area contributed by atoms with Crippen LogP contribution in [0.2, 0.25) is 0 Å². The first-order valence-electron chi connectivity index (χ1n) is 8.62. The Balaban J connectivity index is 1.75. The van der Waals surface area contributed by atoms with Gasteiger partial charge < -0.3 is 15.7 Å². The van der Waals surface area contributed by atoms with Gasteiger partial charge in [0.05, 0.1) is 23.0 Å². The number of aliphatic hydroxyl groups is 1. The monoisotopic (exact) mass is 381 g/mol. The number of carbonyl (C=O) groups excluding carboxylic acids is 1. The molecule has 1 aliphatic carbocycles. The zero-order valence-corrected chi connectivity index (χ0v) is 15.7. The molecule has 7 unspecified atom stereocenters. The van der Waals surface area contributed by atoms with Crippen LogP contribution in [0.15, 0.2) is 0 Å². The quantitative estimate of drug-likeness (QED) is 0.392. The van der Waals surface area contributed by atoms with Crippen LogP contribution in [0.5, 0.6) is 0 Å². The number of carbonyl (C=O) groups is 1. The fourth-order valence-corrected chi connectivity index (χ4v) is 3.70. The highest BCUT2D eigenvalue weighted by molar-refractivity contribution is 6.30. The van der Waals surface area contributed by atoms with Gasteiger partial charge in [-0.3, -0.25) is 16.0 Å². The van der Waals surface area contributed by atoms with Gasteiger partial charge in [-0.25, -0.2) is 4.79 Å². The van der Waals surface area contributed by atoms with E-state index in [1.807, 2.05) is 0 Å². The van der Waals surface area contributed by atoms with Crippen molar-refractivity contribution in [3.05, 3.63) is 0 Å². The highest BCUT2D eigenvalue weighted by atomic mass is 35.5. The molecule has 7 atom stereocenters. The molecule has 1 saturated carbocycles. The first-order chi connectivity index (χ1) is 11.3. The Kier molecular flexibility index (Phi) is 7.84. The average Bonchev–Trinajstić information content (AvgIpc) is 2.48. The molecule has 0 aromatic heterocycles. The normalized spacial score (nSPS) is 38.4. The van der Waals surface area contributed by atoms with Crippen LogP contribution in [0.4, 0.5) is 4.79 Å². The lowest BCUT2D eigenvalue weighted by atomic mass is 9.95. The highest BCUT2D eigenvalue weighted by Crippen LogP contribution is 2.27. The molecule has 24 heavy (non-hydrogen) atoms. The second kappa shape index (κ2) is 9.40. The van der Waals surface area contributed by atoms with E-state index in [1.165, 1.54) is 0 Å². The molecule has 9 heteroatoms. The molecule has 1 aliphatic heterocycles. The van der Waals surface area contributed by atoms with Crippen LogP contribution >= 0.6 is 23.2 Å². The molecule has 2 fully saturated rings. The summed E-state index contributed by atoms with van der Waals surface area (Å²) in [6, 6.07) is 0.0555. The van der Waals surface area contributed by atoms with E-state index < -0.39 is 6.10 Å². The van der Waals surface area contributed by atoms with Gasteiger partial charge in [-0.15, -0.1) is 23.2 Å². The van der Waals surface area contributed by atoms with Crippen LogP contribution in [0.3, 0.4) is 0 Å². The van der Waals surface area contributed by atoms with E-state index in [9.17, 15) is 9.90 Å². The highest BCUT2D eigenvalue weighted by Gasteiger charge is 2.30. The van der Waals surface area contributed by atoms with Crippen molar-refractivity contribution in [2.45, 2.75) is 80.9 Å². The minimum Gasteiger partial charge on any atom is -0.392 e. The third-order valence-corrected chi connectivity index (χ3v) is 5.51. The smallest absolute Gasteiger partial charge is 0.317 e. The number of nitrogens with one attached hydrogen (secondary N) is 5. The molecule has 1 saturated heterocycles. The molecule has 0 radical (unpaired) electrons. The Morgan fingerprint density at radius 3 is 2.62 bits per heavy atom. The Morgan fingerprint density at radius 1 is 1.21 bits per heavy atom. The lowest BCUT2D eigenvalue weighted by Gasteiger charge is -2.37. The van der Waals surface area contributed by atoms with E-state index in [0.29, 0.717) is 13.0 Å². The van der Waals surface area contributed by atoms with Crippen LogP contribution in [-0.4, -0.2) is 59.1 Å². The lowest BCUT2D eigenvalue weighted by Crippen LogP contribution is -2.68. The van der Waals surface area contributed by atoms with Gasteiger partial charge in [0, 0.05) is 18.6 Å². The summed E-state index contributed by atoms with van der Waals surface area (Å²) in [7, 11) is 0. The van der Waals surface area contributed by atoms with E-state index in [-0.39, 0.29) is 41.3 Å². The fourth-order valence-electron chi connectivity index (χ4n) is 3.13. The number of amides is 2. The van der Waals surface area contributed by atoms with Gasteiger partial charge in [0.1, 0.15) is 6.29 Å². The molecule has 0 aromatic carbocycles. The van der Waals surface area contributed by atoms with Crippen molar-refractivity contribution < 1.29 is 9.90 Å². The summed E-state index contributed by atoms with van der Waals surface area (Å²) in [4.78, 5) is 12.2. The third-order valence-electron chi connectivity index (χ3n) is 4.37. The van der Waals surface area contributed by atoms with Gasteiger partial charge in [0.15, 0.2) is 0 Å². The number of urea groups is 1. The first-order valence-corrected chi connectivity index (χ1v) is 9.49. The fraction of sp³-hybridized carbons (Fsp3) is 0.933. The predicted molar refractivity (Wildman–Crippen MR) is 96.2 cm³/mol. The number of halogens is 2. The van der Waals surface area contributed by atoms with Crippen LogP contribution in [0, 0.1) is 0 Å². The Bertz CT molecular complexity index is 415. The van der Waals surface area contributed by atoms with E-state index in [0.717, 1.165) is 19.3 Å². The van der Waals surface area contributed by atoms with Gasteiger partial charge in [0.25, 0.3) is 0 Å². The Labute approximate surface area is 153 Å². The topological polar surface area (TPSA) is 97.5 Å². The van der Waals surface area contributed by atoms with E-state index in [2.05, 4.69) is 33.5 Å². The summed E-state index contributed by atoms with van der Waals surface area (Å²) >= 11 is 12.3. The molecule has 6 N–H and O–H groups in total. The predicted octanol–water partition coefficient (Wildman–Crippen LogP) is 0.604. The lowest BCUT2D eigenvalue weighted by molar-refractivity contribution is 0.153. The van der Waals surface area contributed by atoms with Crippen molar-refractivity contribution >= 4 is 29.2 Å².